The lowest BCUT2D eigenvalue weighted by Crippen LogP contribution is -2.56. The summed E-state index contributed by atoms with van der Waals surface area (Å²) in [5.74, 6) is 3.12. The van der Waals surface area contributed by atoms with E-state index in [1.807, 2.05) is 0 Å². The number of benzene rings is 1. The van der Waals surface area contributed by atoms with Crippen molar-refractivity contribution in [3.05, 3.63) is 24.3 Å². The number of carbonyl (C=O) groups excluding carboxylic acids is 2. The molecule has 5 heteroatoms. The van der Waals surface area contributed by atoms with Crippen LogP contribution in [0.2, 0.25) is 0 Å². The van der Waals surface area contributed by atoms with Crippen molar-refractivity contribution in [3.63, 3.8) is 0 Å². The molecule has 4 aliphatic rings. The van der Waals surface area contributed by atoms with Crippen LogP contribution in [0.5, 0.6) is 5.75 Å². The minimum absolute atomic E-state index is 0.0240. The fourth-order valence-corrected chi connectivity index (χ4v) is 6.13. The van der Waals surface area contributed by atoms with Crippen LogP contribution in [0.4, 0.5) is 5.69 Å². The lowest BCUT2D eigenvalue weighted by Gasteiger charge is -2.59. The van der Waals surface area contributed by atoms with Gasteiger partial charge in [-0.05, 0) is 92.9 Å². The lowest BCUT2D eigenvalue weighted by molar-refractivity contribution is -0.127. The van der Waals surface area contributed by atoms with Crippen molar-refractivity contribution in [1.82, 2.24) is 5.32 Å². The van der Waals surface area contributed by atoms with E-state index in [1.165, 1.54) is 45.4 Å². The molecule has 4 bridgehead atoms. The molecule has 0 aromatic heterocycles. The van der Waals surface area contributed by atoms with Gasteiger partial charge in [0.2, 0.25) is 5.91 Å². The first kappa shape index (κ1) is 18.3. The predicted molar refractivity (Wildman–Crippen MR) is 104 cm³/mol. The van der Waals surface area contributed by atoms with Crippen LogP contribution in [0.1, 0.15) is 52.4 Å². The zero-order valence-electron chi connectivity index (χ0n) is 16.3. The molecule has 2 N–H and O–H groups in total. The zero-order valence-corrected chi connectivity index (χ0v) is 16.3. The number of ether oxygens (including phenoxy) is 1. The molecule has 5 nitrogen and oxygen atoms in total. The van der Waals surface area contributed by atoms with Gasteiger partial charge in [-0.15, -0.1) is 0 Å². The highest BCUT2D eigenvalue weighted by Crippen LogP contribution is 2.61. The molecule has 27 heavy (non-hydrogen) atoms. The first-order valence-electron chi connectivity index (χ1n) is 10.2. The molecule has 0 saturated heterocycles. The van der Waals surface area contributed by atoms with Gasteiger partial charge in [0.1, 0.15) is 5.75 Å². The van der Waals surface area contributed by atoms with E-state index in [9.17, 15) is 9.59 Å². The Morgan fingerprint density at radius 2 is 1.63 bits per heavy atom. The molecule has 0 radical (unpaired) electrons. The number of amides is 2. The number of hydrogen-bond donors (Lipinski definition) is 2. The number of carbonyl (C=O) groups is 2. The maximum absolute atomic E-state index is 12.4. The third-order valence-corrected chi connectivity index (χ3v) is 6.93. The molecule has 0 heterocycles. The summed E-state index contributed by atoms with van der Waals surface area (Å²) in [4.78, 5) is 23.5. The zero-order chi connectivity index (χ0) is 19.0. The molecular weight excluding hydrogens is 340 g/mol. The second kappa shape index (κ2) is 7.17. The summed E-state index contributed by atoms with van der Waals surface area (Å²) in [6, 6.07) is 7.28. The molecule has 4 saturated carbocycles. The van der Waals surface area contributed by atoms with Gasteiger partial charge in [-0.3, -0.25) is 9.59 Å². The molecule has 4 aliphatic carbocycles. The Balaban J connectivity index is 1.29. The monoisotopic (exact) mass is 370 g/mol. The number of nitrogens with one attached hydrogen (secondary N) is 2. The highest BCUT2D eigenvalue weighted by Gasteiger charge is 2.53. The van der Waals surface area contributed by atoms with Gasteiger partial charge in [0.25, 0.3) is 5.91 Å². The highest BCUT2D eigenvalue weighted by molar-refractivity contribution is 5.88. The number of rotatable bonds is 6. The summed E-state index contributed by atoms with van der Waals surface area (Å²) in [5, 5.41) is 5.94. The topological polar surface area (TPSA) is 67.4 Å². The molecule has 1 aromatic carbocycles. The fourth-order valence-electron chi connectivity index (χ4n) is 6.13. The largest absolute Gasteiger partial charge is 0.484 e. The van der Waals surface area contributed by atoms with Crippen LogP contribution in [0.3, 0.4) is 0 Å². The van der Waals surface area contributed by atoms with E-state index in [0.29, 0.717) is 11.2 Å². The third-order valence-electron chi connectivity index (χ3n) is 6.93. The van der Waals surface area contributed by atoms with Crippen molar-refractivity contribution in [1.29, 1.82) is 0 Å². The minimum atomic E-state index is -0.110. The summed E-state index contributed by atoms with van der Waals surface area (Å²) in [5.41, 5.74) is 1.03. The first-order chi connectivity index (χ1) is 12.9. The first-order valence-corrected chi connectivity index (χ1v) is 10.2. The normalized spacial score (nSPS) is 32.0. The lowest BCUT2D eigenvalue weighted by atomic mass is 9.48. The number of anilines is 1. The van der Waals surface area contributed by atoms with Crippen molar-refractivity contribution in [3.8, 4) is 5.75 Å². The maximum Gasteiger partial charge on any atom is 0.258 e. The molecule has 4 fully saturated rings. The summed E-state index contributed by atoms with van der Waals surface area (Å²) in [7, 11) is 0. The van der Waals surface area contributed by atoms with E-state index >= 15 is 0 Å². The molecule has 0 unspecified atom stereocenters. The molecule has 1 aromatic rings. The van der Waals surface area contributed by atoms with Crippen molar-refractivity contribution >= 4 is 17.5 Å². The predicted octanol–water partition coefficient (Wildman–Crippen LogP) is 3.74. The average Bonchev–Trinajstić information content (AvgIpc) is 2.59. The van der Waals surface area contributed by atoms with Crippen LogP contribution >= 0.6 is 0 Å². The van der Waals surface area contributed by atoms with Crippen LogP contribution in [-0.4, -0.2) is 24.5 Å². The summed E-state index contributed by atoms with van der Waals surface area (Å²) >= 11 is 0. The van der Waals surface area contributed by atoms with Gasteiger partial charge in [-0.25, -0.2) is 0 Å². The summed E-state index contributed by atoms with van der Waals surface area (Å²) < 4.78 is 5.62. The molecule has 5 rings (SSSR count). The molecule has 2 amide bonds. The second-order valence-corrected chi connectivity index (χ2v) is 9.06. The van der Waals surface area contributed by atoms with Gasteiger partial charge >= 0.3 is 0 Å². The van der Waals surface area contributed by atoms with E-state index in [-0.39, 0.29) is 24.5 Å². The van der Waals surface area contributed by atoms with E-state index in [1.54, 1.807) is 24.3 Å². The fraction of sp³-hybridized carbons (Fsp3) is 0.636. The van der Waals surface area contributed by atoms with Crippen LogP contribution < -0.4 is 15.4 Å². The van der Waals surface area contributed by atoms with Gasteiger partial charge in [-0.2, -0.15) is 0 Å². The SMILES string of the molecule is CC(=O)Nc1ccc(OCC(=O)N[C@@H](C)C23CC4CC(CC(C4)C2)C3)cc1. The van der Waals surface area contributed by atoms with Crippen LogP contribution in [-0.2, 0) is 9.59 Å². The van der Waals surface area contributed by atoms with E-state index in [0.717, 1.165) is 23.4 Å². The Labute approximate surface area is 161 Å². The van der Waals surface area contributed by atoms with Crippen molar-refractivity contribution < 1.29 is 14.3 Å². The third kappa shape index (κ3) is 3.97. The summed E-state index contributed by atoms with van der Waals surface area (Å²) in [6.07, 6.45) is 8.09. The molecule has 0 aliphatic heterocycles. The standard InChI is InChI=1S/C22H30N2O3/c1-14(22-10-16-7-17(11-22)9-18(8-16)12-22)23-21(26)13-27-20-5-3-19(4-6-20)24-15(2)25/h3-6,14,16-18H,7-13H2,1-2H3,(H,23,26)(H,24,25)/t14-,16?,17?,18?,22?/m0/s1. The van der Waals surface area contributed by atoms with Crippen molar-refractivity contribution in [2.75, 3.05) is 11.9 Å². The molecule has 146 valence electrons. The van der Waals surface area contributed by atoms with Gasteiger partial charge in [0.05, 0.1) is 0 Å². The van der Waals surface area contributed by atoms with E-state index in [2.05, 4.69) is 17.6 Å². The van der Waals surface area contributed by atoms with Crippen molar-refractivity contribution in [2.45, 2.75) is 58.4 Å². The Morgan fingerprint density at radius 3 is 2.15 bits per heavy atom. The quantitative estimate of drug-likeness (QED) is 0.801. The van der Waals surface area contributed by atoms with Crippen LogP contribution in [0.15, 0.2) is 24.3 Å². The van der Waals surface area contributed by atoms with Gasteiger partial charge in [0, 0.05) is 18.7 Å². The van der Waals surface area contributed by atoms with E-state index in [4.69, 9.17) is 4.74 Å². The van der Waals surface area contributed by atoms with Crippen LogP contribution in [0.25, 0.3) is 0 Å². The maximum atomic E-state index is 12.4. The summed E-state index contributed by atoms with van der Waals surface area (Å²) in [6.45, 7) is 3.68. The minimum Gasteiger partial charge on any atom is -0.484 e. The second-order valence-electron chi connectivity index (χ2n) is 9.06. The molecule has 0 spiro atoms. The van der Waals surface area contributed by atoms with Crippen molar-refractivity contribution in [2.24, 2.45) is 23.2 Å². The van der Waals surface area contributed by atoms with Gasteiger partial charge < -0.3 is 15.4 Å². The van der Waals surface area contributed by atoms with Crippen LogP contribution in [0, 0.1) is 23.2 Å². The average molecular weight is 370 g/mol. The molecule has 1 atom stereocenters. The number of hydrogen-bond acceptors (Lipinski definition) is 3. The Bertz CT molecular complexity index is 677. The highest BCUT2D eigenvalue weighted by atomic mass is 16.5. The Morgan fingerprint density at radius 1 is 1.07 bits per heavy atom. The van der Waals surface area contributed by atoms with Gasteiger partial charge in [0.15, 0.2) is 6.61 Å². The smallest absolute Gasteiger partial charge is 0.258 e. The van der Waals surface area contributed by atoms with E-state index < -0.39 is 0 Å². The Hall–Kier alpha value is -2.04. The van der Waals surface area contributed by atoms with Gasteiger partial charge in [-0.1, -0.05) is 0 Å². The molecular formula is C22H30N2O3. The Kier molecular flexibility index (Phi) is 4.87.